The Morgan fingerprint density at radius 2 is 2.00 bits per heavy atom. The Labute approximate surface area is 93.2 Å². The number of halogens is 1. The van der Waals surface area contributed by atoms with E-state index in [0.717, 1.165) is 6.42 Å². The molecule has 0 spiro atoms. The highest BCUT2D eigenvalue weighted by Crippen LogP contribution is 2.19. The fraction of sp³-hybridized carbons (Fsp3) is 0.273. The Bertz CT molecular complexity index is 266. The first-order valence-electron chi connectivity index (χ1n) is 4.34. The van der Waals surface area contributed by atoms with Gasteiger partial charge in [0.05, 0.1) is 0 Å². The van der Waals surface area contributed by atoms with Gasteiger partial charge in [0.1, 0.15) is 0 Å². The van der Waals surface area contributed by atoms with Crippen LogP contribution in [0.2, 0.25) is 0 Å². The second-order valence-corrected chi connectivity index (χ2v) is 4.25. The SMILES string of the molecule is C=CCC(CN)c1ccc(I)cc1. The van der Waals surface area contributed by atoms with Crippen molar-refractivity contribution in [3.63, 3.8) is 0 Å². The molecule has 0 fully saturated rings. The normalized spacial score (nSPS) is 12.5. The highest BCUT2D eigenvalue weighted by atomic mass is 127. The number of nitrogens with two attached hydrogens (primary N) is 1. The lowest BCUT2D eigenvalue weighted by atomic mass is 9.96. The molecule has 0 aromatic heterocycles. The van der Waals surface area contributed by atoms with E-state index in [1.165, 1.54) is 9.13 Å². The van der Waals surface area contributed by atoms with Gasteiger partial charge in [0.2, 0.25) is 0 Å². The van der Waals surface area contributed by atoms with Crippen LogP contribution in [0.4, 0.5) is 0 Å². The van der Waals surface area contributed by atoms with Gasteiger partial charge in [-0.3, -0.25) is 0 Å². The largest absolute Gasteiger partial charge is 0.330 e. The Morgan fingerprint density at radius 1 is 1.38 bits per heavy atom. The van der Waals surface area contributed by atoms with E-state index in [4.69, 9.17) is 5.73 Å². The molecule has 0 radical (unpaired) electrons. The second-order valence-electron chi connectivity index (χ2n) is 3.01. The molecule has 0 aliphatic rings. The third-order valence-electron chi connectivity index (χ3n) is 2.08. The maximum atomic E-state index is 5.68. The zero-order chi connectivity index (χ0) is 9.68. The highest BCUT2D eigenvalue weighted by Gasteiger charge is 2.06. The number of hydrogen-bond acceptors (Lipinski definition) is 1. The standard InChI is InChI=1S/C11H14IN/c1-2-3-10(8-13)9-4-6-11(12)7-5-9/h2,4-7,10H,1,3,8,13H2. The van der Waals surface area contributed by atoms with Crippen LogP contribution in [0.25, 0.3) is 0 Å². The molecule has 70 valence electrons. The molecule has 0 heterocycles. The molecule has 0 aliphatic carbocycles. The van der Waals surface area contributed by atoms with Crippen molar-refractivity contribution in [1.82, 2.24) is 0 Å². The molecule has 2 N–H and O–H groups in total. The topological polar surface area (TPSA) is 26.0 Å². The van der Waals surface area contributed by atoms with Gasteiger partial charge in [0.25, 0.3) is 0 Å². The molecule has 1 nitrogen and oxygen atoms in total. The number of rotatable bonds is 4. The van der Waals surface area contributed by atoms with E-state index in [1.54, 1.807) is 0 Å². The van der Waals surface area contributed by atoms with E-state index in [1.807, 2.05) is 6.08 Å². The van der Waals surface area contributed by atoms with Crippen molar-refractivity contribution < 1.29 is 0 Å². The van der Waals surface area contributed by atoms with Gasteiger partial charge < -0.3 is 5.73 Å². The molecule has 1 atom stereocenters. The van der Waals surface area contributed by atoms with Crippen molar-refractivity contribution in [2.24, 2.45) is 5.73 Å². The van der Waals surface area contributed by atoms with Crippen LogP contribution in [0.3, 0.4) is 0 Å². The Hall–Kier alpha value is -0.350. The molecule has 0 bridgehead atoms. The van der Waals surface area contributed by atoms with E-state index < -0.39 is 0 Å². The lowest BCUT2D eigenvalue weighted by Gasteiger charge is -2.12. The van der Waals surface area contributed by atoms with Crippen LogP contribution in [0.1, 0.15) is 17.9 Å². The van der Waals surface area contributed by atoms with Crippen LogP contribution < -0.4 is 5.73 Å². The van der Waals surface area contributed by atoms with Gasteiger partial charge in [-0.2, -0.15) is 0 Å². The van der Waals surface area contributed by atoms with E-state index in [0.29, 0.717) is 12.5 Å². The van der Waals surface area contributed by atoms with Gasteiger partial charge in [-0.05, 0) is 59.2 Å². The minimum absolute atomic E-state index is 0.425. The van der Waals surface area contributed by atoms with Gasteiger partial charge in [-0.25, -0.2) is 0 Å². The predicted molar refractivity (Wildman–Crippen MR) is 65.8 cm³/mol. The van der Waals surface area contributed by atoms with Crippen LogP contribution in [-0.4, -0.2) is 6.54 Å². The van der Waals surface area contributed by atoms with Crippen molar-refractivity contribution in [3.8, 4) is 0 Å². The van der Waals surface area contributed by atoms with Crippen molar-refractivity contribution >= 4 is 22.6 Å². The number of allylic oxidation sites excluding steroid dienone is 1. The van der Waals surface area contributed by atoms with Gasteiger partial charge in [-0.15, -0.1) is 6.58 Å². The molecule has 0 amide bonds. The monoisotopic (exact) mass is 287 g/mol. The summed E-state index contributed by atoms with van der Waals surface area (Å²) in [6, 6.07) is 8.51. The molecular weight excluding hydrogens is 273 g/mol. The fourth-order valence-electron chi connectivity index (χ4n) is 1.30. The molecule has 2 heteroatoms. The van der Waals surface area contributed by atoms with Gasteiger partial charge in [0, 0.05) is 3.57 Å². The molecule has 0 aliphatic heterocycles. The third kappa shape index (κ3) is 3.12. The Kier molecular flexibility index (Phi) is 4.45. The molecule has 1 unspecified atom stereocenters. The third-order valence-corrected chi connectivity index (χ3v) is 2.80. The smallest absolute Gasteiger partial charge is 0.0130 e. The average molecular weight is 287 g/mol. The summed E-state index contributed by atoms with van der Waals surface area (Å²) in [4.78, 5) is 0. The fourth-order valence-corrected chi connectivity index (χ4v) is 1.66. The van der Waals surface area contributed by atoms with Crippen molar-refractivity contribution in [1.29, 1.82) is 0 Å². The summed E-state index contributed by atoms with van der Waals surface area (Å²) in [7, 11) is 0. The summed E-state index contributed by atoms with van der Waals surface area (Å²) in [5.41, 5.74) is 6.99. The average Bonchev–Trinajstić information content (AvgIpc) is 2.16. The summed E-state index contributed by atoms with van der Waals surface area (Å²) in [6.07, 6.45) is 2.88. The molecular formula is C11H14IN. The van der Waals surface area contributed by atoms with Crippen LogP contribution in [0.15, 0.2) is 36.9 Å². The minimum Gasteiger partial charge on any atom is -0.330 e. The summed E-state index contributed by atoms with van der Waals surface area (Å²) in [5.74, 6) is 0.425. The zero-order valence-electron chi connectivity index (χ0n) is 7.54. The van der Waals surface area contributed by atoms with Gasteiger partial charge >= 0.3 is 0 Å². The molecule has 0 saturated heterocycles. The van der Waals surface area contributed by atoms with Crippen molar-refractivity contribution in [3.05, 3.63) is 46.1 Å². The first-order valence-corrected chi connectivity index (χ1v) is 5.42. The van der Waals surface area contributed by atoms with E-state index in [9.17, 15) is 0 Å². The highest BCUT2D eigenvalue weighted by molar-refractivity contribution is 14.1. The Morgan fingerprint density at radius 3 is 2.46 bits per heavy atom. The minimum atomic E-state index is 0.425. The lowest BCUT2D eigenvalue weighted by Crippen LogP contribution is -2.11. The van der Waals surface area contributed by atoms with Crippen LogP contribution in [0, 0.1) is 3.57 Å². The molecule has 0 saturated carbocycles. The lowest BCUT2D eigenvalue weighted by molar-refractivity contribution is 0.711. The van der Waals surface area contributed by atoms with Gasteiger partial charge in [0.15, 0.2) is 0 Å². The maximum absolute atomic E-state index is 5.68. The van der Waals surface area contributed by atoms with Crippen molar-refractivity contribution in [2.45, 2.75) is 12.3 Å². The van der Waals surface area contributed by atoms with Gasteiger partial charge in [-0.1, -0.05) is 18.2 Å². The van der Waals surface area contributed by atoms with Crippen molar-refractivity contribution in [2.75, 3.05) is 6.54 Å². The molecule has 13 heavy (non-hydrogen) atoms. The summed E-state index contributed by atoms with van der Waals surface area (Å²) in [6.45, 7) is 4.42. The zero-order valence-corrected chi connectivity index (χ0v) is 9.70. The van der Waals surface area contributed by atoms with Crippen LogP contribution >= 0.6 is 22.6 Å². The number of hydrogen-bond donors (Lipinski definition) is 1. The first-order chi connectivity index (χ1) is 6.27. The summed E-state index contributed by atoms with van der Waals surface area (Å²) < 4.78 is 1.26. The predicted octanol–water partition coefficient (Wildman–Crippen LogP) is 2.91. The second kappa shape index (κ2) is 5.40. The molecule has 1 aromatic rings. The summed E-state index contributed by atoms with van der Waals surface area (Å²) >= 11 is 2.30. The van der Waals surface area contributed by atoms with E-state index in [-0.39, 0.29) is 0 Å². The Balaban J connectivity index is 2.78. The van der Waals surface area contributed by atoms with E-state index in [2.05, 4.69) is 53.4 Å². The quantitative estimate of drug-likeness (QED) is 0.669. The van der Waals surface area contributed by atoms with E-state index >= 15 is 0 Å². The maximum Gasteiger partial charge on any atom is 0.0130 e. The molecule has 1 aromatic carbocycles. The molecule has 1 rings (SSSR count). The van der Waals surface area contributed by atoms with Crippen LogP contribution in [-0.2, 0) is 0 Å². The summed E-state index contributed by atoms with van der Waals surface area (Å²) in [5, 5.41) is 0. The first kappa shape index (κ1) is 10.7. The number of benzene rings is 1. The van der Waals surface area contributed by atoms with Crippen LogP contribution in [0.5, 0.6) is 0 Å².